The minimum absolute atomic E-state index is 0.0487. The third-order valence-electron chi connectivity index (χ3n) is 5.54. The highest BCUT2D eigenvalue weighted by molar-refractivity contribution is 7.92. The molecule has 1 aromatic rings. The maximum absolute atomic E-state index is 12.9. The highest BCUT2D eigenvalue weighted by Crippen LogP contribution is 2.45. The van der Waals surface area contributed by atoms with Gasteiger partial charge in [-0.2, -0.15) is 0 Å². The van der Waals surface area contributed by atoms with Gasteiger partial charge >= 0.3 is 0 Å². The van der Waals surface area contributed by atoms with E-state index in [0.29, 0.717) is 25.7 Å². The summed E-state index contributed by atoms with van der Waals surface area (Å²) in [6.07, 6.45) is 5.03. The zero-order valence-electron chi connectivity index (χ0n) is 13.9. The van der Waals surface area contributed by atoms with Crippen LogP contribution in [0.4, 0.5) is 5.95 Å². The van der Waals surface area contributed by atoms with Crippen LogP contribution < -0.4 is 10.2 Å². The molecular formula is C16H22N4O4S. The van der Waals surface area contributed by atoms with E-state index < -0.39 is 9.84 Å². The van der Waals surface area contributed by atoms with Gasteiger partial charge < -0.3 is 15.0 Å². The van der Waals surface area contributed by atoms with Gasteiger partial charge in [0.05, 0.1) is 23.5 Å². The van der Waals surface area contributed by atoms with Crippen LogP contribution in [0.2, 0.25) is 0 Å². The first-order valence-corrected chi connectivity index (χ1v) is 10.4. The van der Waals surface area contributed by atoms with Crippen LogP contribution >= 0.6 is 0 Å². The number of carbonyl (C=O) groups excluding carboxylic acids is 1. The van der Waals surface area contributed by atoms with E-state index in [0.717, 1.165) is 19.4 Å². The van der Waals surface area contributed by atoms with Crippen molar-refractivity contribution in [2.75, 3.05) is 42.7 Å². The zero-order chi connectivity index (χ0) is 17.5. The number of nitrogens with zero attached hydrogens (tertiary/aromatic N) is 3. The first-order valence-electron chi connectivity index (χ1n) is 8.58. The normalized spacial score (nSPS) is 27.8. The average Bonchev–Trinajstić information content (AvgIpc) is 2.93. The molecule has 1 unspecified atom stereocenters. The van der Waals surface area contributed by atoms with Crippen molar-refractivity contribution in [2.45, 2.75) is 18.9 Å². The molecule has 25 heavy (non-hydrogen) atoms. The number of anilines is 1. The molecule has 1 N–H and O–H groups in total. The summed E-state index contributed by atoms with van der Waals surface area (Å²) in [5, 5.41) is 2.93. The first-order chi connectivity index (χ1) is 12.0. The van der Waals surface area contributed by atoms with Crippen molar-refractivity contribution in [2.24, 2.45) is 11.3 Å². The molecule has 8 nitrogen and oxygen atoms in total. The van der Waals surface area contributed by atoms with Crippen LogP contribution in [0, 0.1) is 11.3 Å². The molecule has 1 spiro atoms. The Morgan fingerprint density at radius 2 is 1.92 bits per heavy atom. The van der Waals surface area contributed by atoms with Gasteiger partial charge in [-0.15, -0.1) is 0 Å². The lowest BCUT2D eigenvalue weighted by Gasteiger charge is -2.38. The first kappa shape index (κ1) is 16.7. The van der Waals surface area contributed by atoms with Crippen molar-refractivity contribution in [3.8, 4) is 0 Å². The molecule has 0 aromatic carbocycles. The molecule has 1 atom stereocenters. The Morgan fingerprint density at radius 1 is 1.24 bits per heavy atom. The van der Waals surface area contributed by atoms with Gasteiger partial charge in [-0.25, -0.2) is 18.4 Å². The number of amides is 1. The second-order valence-corrected chi connectivity index (χ2v) is 9.39. The van der Waals surface area contributed by atoms with E-state index in [1.165, 1.54) is 0 Å². The third-order valence-corrected chi connectivity index (χ3v) is 7.37. The van der Waals surface area contributed by atoms with E-state index in [2.05, 4.69) is 20.2 Å². The largest absolute Gasteiger partial charge is 0.381 e. The molecule has 1 amide bonds. The molecule has 0 saturated carbocycles. The Kier molecular flexibility index (Phi) is 4.15. The Labute approximate surface area is 146 Å². The van der Waals surface area contributed by atoms with Crippen LogP contribution in [0.25, 0.3) is 0 Å². The van der Waals surface area contributed by atoms with E-state index in [-0.39, 0.29) is 34.8 Å². The van der Waals surface area contributed by atoms with Gasteiger partial charge in [0, 0.05) is 44.1 Å². The molecule has 4 rings (SSSR count). The van der Waals surface area contributed by atoms with Crippen molar-refractivity contribution >= 4 is 21.7 Å². The van der Waals surface area contributed by atoms with E-state index in [1.54, 1.807) is 18.5 Å². The SMILES string of the molecule is O=C(NC1CS(=O)(=O)C1)C1CN(c2ncccn2)CC12CCOCC2. The quantitative estimate of drug-likeness (QED) is 0.778. The summed E-state index contributed by atoms with van der Waals surface area (Å²) in [6, 6.07) is 1.52. The lowest BCUT2D eigenvalue weighted by molar-refractivity contribution is -0.130. The molecule has 3 aliphatic rings. The van der Waals surface area contributed by atoms with Gasteiger partial charge in [-0.1, -0.05) is 0 Å². The Hall–Kier alpha value is -1.74. The Bertz CT molecular complexity index is 737. The average molecular weight is 366 g/mol. The summed E-state index contributed by atoms with van der Waals surface area (Å²) in [7, 11) is -2.95. The smallest absolute Gasteiger partial charge is 0.225 e. The molecule has 4 heterocycles. The van der Waals surface area contributed by atoms with Gasteiger partial charge in [0.15, 0.2) is 9.84 Å². The number of aromatic nitrogens is 2. The van der Waals surface area contributed by atoms with Crippen molar-refractivity contribution in [1.82, 2.24) is 15.3 Å². The number of rotatable bonds is 3. The molecule has 0 bridgehead atoms. The van der Waals surface area contributed by atoms with E-state index in [4.69, 9.17) is 4.74 Å². The van der Waals surface area contributed by atoms with Crippen LogP contribution in [-0.4, -0.2) is 68.1 Å². The van der Waals surface area contributed by atoms with Gasteiger partial charge in [0.2, 0.25) is 11.9 Å². The maximum atomic E-state index is 12.9. The summed E-state index contributed by atoms with van der Waals surface area (Å²) in [5.74, 6) is 0.471. The van der Waals surface area contributed by atoms with Gasteiger partial charge in [-0.3, -0.25) is 4.79 Å². The molecule has 3 fully saturated rings. The lowest BCUT2D eigenvalue weighted by Crippen LogP contribution is -2.56. The number of nitrogens with one attached hydrogen (secondary N) is 1. The number of sulfone groups is 1. The molecule has 3 saturated heterocycles. The van der Waals surface area contributed by atoms with Gasteiger partial charge in [0.25, 0.3) is 0 Å². The second-order valence-electron chi connectivity index (χ2n) is 7.24. The molecule has 0 radical (unpaired) electrons. The summed E-state index contributed by atoms with van der Waals surface area (Å²) < 4.78 is 28.2. The summed E-state index contributed by atoms with van der Waals surface area (Å²) in [5.41, 5.74) is -0.163. The van der Waals surface area contributed by atoms with E-state index >= 15 is 0 Å². The van der Waals surface area contributed by atoms with Crippen molar-refractivity contribution in [3.05, 3.63) is 18.5 Å². The van der Waals surface area contributed by atoms with Gasteiger partial charge in [-0.05, 0) is 18.9 Å². The van der Waals surface area contributed by atoms with Crippen molar-refractivity contribution < 1.29 is 17.9 Å². The summed E-state index contributed by atoms with van der Waals surface area (Å²) >= 11 is 0. The minimum atomic E-state index is -2.95. The molecule has 136 valence electrons. The molecular weight excluding hydrogens is 344 g/mol. The summed E-state index contributed by atoms with van der Waals surface area (Å²) in [6.45, 7) is 2.56. The predicted molar refractivity (Wildman–Crippen MR) is 90.8 cm³/mol. The summed E-state index contributed by atoms with van der Waals surface area (Å²) in [4.78, 5) is 23.6. The third kappa shape index (κ3) is 3.22. The number of ether oxygens (including phenoxy) is 1. The van der Waals surface area contributed by atoms with E-state index in [1.807, 2.05) is 0 Å². The zero-order valence-corrected chi connectivity index (χ0v) is 14.7. The maximum Gasteiger partial charge on any atom is 0.225 e. The van der Waals surface area contributed by atoms with Crippen LogP contribution in [0.15, 0.2) is 18.5 Å². The minimum Gasteiger partial charge on any atom is -0.381 e. The second kappa shape index (κ2) is 6.21. The van der Waals surface area contributed by atoms with E-state index in [9.17, 15) is 13.2 Å². The van der Waals surface area contributed by atoms with Crippen molar-refractivity contribution in [3.63, 3.8) is 0 Å². The number of carbonyl (C=O) groups is 1. The lowest BCUT2D eigenvalue weighted by atomic mass is 9.71. The highest BCUT2D eigenvalue weighted by Gasteiger charge is 2.52. The molecule has 0 aliphatic carbocycles. The molecule has 1 aromatic heterocycles. The predicted octanol–water partition coefficient (Wildman–Crippen LogP) is -0.377. The Morgan fingerprint density at radius 3 is 2.56 bits per heavy atom. The molecule has 9 heteroatoms. The fourth-order valence-electron chi connectivity index (χ4n) is 4.17. The highest BCUT2D eigenvalue weighted by atomic mass is 32.2. The number of hydrogen-bond acceptors (Lipinski definition) is 7. The van der Waals surface area contributed by atoms with Crippen LogP contribution in [-0.2, 0) is 19.4 Å². The topological polar surface area (TPSA) is 101 Å². The fraction of sp³-hybridized carbons (Fsp3) is 0.688. The molecule has 3 aliphatic heterocycles. The monoisotopic (exact) mass is 366 g/mol. The van der Waals surface area contributed by atoms with Crippen LogP contribution in [0.5, 0.6) is 0 Å². The van der Waals surface area contributed by atoms with Gasteiger partial charge in [0.1, 0.15) is 0 Å². The van der Waals surface area contributed by atoms with Crippen LogP contribution in [0.3, 0.4) is 0 Å². The standard InChI is InChI=1S/C16H22N4O4S/c21-14(19-12-9-25(22,23)10-12)13-8-20(15-17-4-1-5-18-15)11-16(13)2-6-24-7-3-16/h1,4-5,12-13H,2-3,6-11H2,(H,19,21). The fourth-order valence-corrected chi connectivity index (χ4v) is 5.47. The number of hydrogen-bond donors (Lipinski definition) is 1. The van der Waals surface area contributed by atoms with Crippen molar-refractivity contribution in [1.29, 1.82) is 0 Å². The van der Waals surface area contributed by atoms with Crippen LogP contribution in [0.1, 0.15) is 12.8 Å². The Balaban J connectivity index is 1.52.